The minimum Gasteiger partial charge on any atom is -0.412 e. The molecule has 0 radical (unpaired) electrons. The molecule has 0 heterocycles. The Morgan fingerprint density at radius 1 is 0.727 bits per heavy atom. The van der Waals surface area contributed by atoms with Gasteiger partial charge in [-0.1, -0.05) is 40.5 Å². The van der Waals surface area contributed by atoms with Gasteiger partial charge in [0.2, 0.25) is 0 Å². The molecule has 8 unspecified atom stereocenters. The molecule has 0 aromatic carbocycles. The zero-order valence-corrected chi connectivity index (χ0v) is 15.1. The molecule has 0 spiro atoms. The maximum atomic E-state index is 2.57. The molecule has 4 heteroatoms. The van der Waals surface area contributed by atoms with Crippen molar-refractivity contribution in [2.45, 2.75) is 66.2 Å². The second-order valence-electron chi connectivity index (χ2n) is 7.95. The third-order valence-electron chi connectivity index (χ3n) is 7.33. The Bertz CT molecular complexity index is 313. The van der Waals surface area contributed by atoms with Crippen molar-refractivity contribution in [1.29, 1.82) is 0 Å². The van der Waals surface area contributed by atoms with Gasteiger partial charge >= 0.3 is 0 Å². The standard InChI is InChI=1S/C18H32.H3N.3H2O/c1-5-14-7-9-16-13(4)12(3)15-8-6-11(2)10-17(14)18(15)16;;;;/h11-18H,5-10H2,1-4H3;1H3;3*1H2. The summed E-state index contributed by atoms with van der Waals surface area (Å²) in [5.74, 6) is 8.43. The summed E-state index contributed by atoms with van der Waals surface area (Å²) in [7, 11) is 0. The largest absolute Gasteiger partial charge is 0.412 e. The Labute approximate surface area is 137 Å². The van der Waals surface area contributed by atoms with E-state index in [4.69, 9.17) is 0 Å². The molecule has 0 bridgehead atoms. The van der Waals surface area contributed by atoms with E-state index in [1.807, 2.05) is 0 Å². The van der Waals surface area contributed by atoms with Gasteiger partial charge in [-0.15, -0.1) is 0 Å². The first-order valence-electron chi connectivity index (χ1n) is 8.63. The van der Waals surface area contributed by atoms with E-state index in [1.54, 1.807) is 25.7 Å². The molecule has 0 aromatic rings. The molecule has 0 amide bonds. The van der Waals surface area contributed by atoms with E-state index in [0.717, 1.165) is 47.3 Å². The fraction of sp³-hybridized carbons (Fsp3) is 1.00. The summed E-state index contributed by atoms with van der Waals surface area (Å²) in [6.07, 6.45) is 9.14. The van der Waals surface area contributed by atoms with E-state index in [9.17, 15) is 0 Å². The molecular weight excluding hydrogens is 278 g/mol. The molecule has 8 atom stereocenters. The van der Waals surface area contributed by atoms with Gasteiger partial charge in [0.25, 0.3) is 0 Å². The highest BCUT2D eigenvalue weighted by Crippen LogP contribution is 2.60. The van der Waals surface area contributed by atoms with Crippen LogP contribution < -0.4 is 6.15 Å². The predicted octanol–water partition coefficient (Wildman–Crippen LogP) is 3.06. The van der Waals surface area contributed by atoms with Crippen LogP contribution in [0.25, 0.3) is 0 Å². The van der Waals surface area contributed by atoms with Gasteiger partial charge in [-0.3, -0.25) is 0 Å². The van der Waals surface area contributed by atoms with Crippen molar-refractivity contribution >= 4 is 0 Å². The number of rotatable bonds is 1. The van der Waals surface area contributed by atoms with E-state index in [2.05, 4.69) is 27.7 Å². The van der Waals surface area contributed by atoms with E-state index in [-0.39, 0.29) is 22.6 Å². The van der Waals surface area contributed by atoms with Gasteiger partial charge < -0.3 is 22.6 Å². The Balaban J connectivity index is 0. The first-order valence-corrected chi connectivity index (χ1v) is 8.63. The van der Waals surface area contributed by atoms with Crippen LogP contribution in [-0.4, -0.2) is 16.4 Å². The van der Waals surface area contributed by atoms with Gasteiger partial charge in [-0.2, -0.15) is 0 Å². The van der Waals surface area contributed by atoms with Crippen molar-refractivity contribution in [2.24, 2.45) is 47.3 Å². The van der Waals surface area contributed by atoms with Crippen LogP contribution in [-0.2, 0) is 0 Å². The highest BCUT2D eigenvalue weighted by molar-refractivity contribution is 5.01. The molecule has 3 rings (SSSR count). The third kappa shape index (κ3) is 3.66. The molecule has 0 aromatic heterocycles. The summed E-state index contributed by atoms with van der Waals surface area (Å²) in [6.45, 7) is 10.1. The van der Waals surface area contributed by atoms with Crippen molar-refractivity contribution in [2.75, 3.05) is 0 Å². The minimum absolute atomic E-state index is 0. The summed E-state index contributed by atoms with van der Waals surface area (Å²) in [6, 6.07) is 0. The van der Waals surface area contributed by atoms with Gasteiger partial charge in [0, 0.05) is 0 Å². The summed E-state index contributed by atoms with van der Waals surface area (Å²) in [5.41, 5.74) is 0. The first-order chi connectivity index (χ1) is 8.63. The van der Waals surface area contributed by atoms with Crippen LogP contribution >= 0.6 is 0 Å². The normalized spacial score (nSPS) is 45.8. The van der Waals surface area contributed by atoms with Gasteiger partial charge in [-0.25, -0.2) is 0 Å². The lowest BCUT2D eigenvalue weighted by molar-refractivity contribution is 0.0644. The van der Waals surface area contributed by atoms with Crippen LogP contribution in [0.1, 0.15) is 66.2 Å². The van der Waals surface area contributed by atoms with Crippen molar-refractivity contribution < 1.29 is 16.4 Å². The zero-order chi connectivity index (χ0) is 12.9. The Hall–Kier alpha value is -0.160. The summed E-state index contributed by atoms with van der Waals surface area (Å²) >= 11 is 0. The van der Waals surface area contributed by atoms with E-state index in [1.165, 1.54) is 12.8 Å². The molecule has 3 aliphatic carbocycles. The van der Waals surface area contributed by atoms with E-state index < -0.39 is 0 Å². The molecule has 22 heavy (non-hydrogen) atoms. The van der Waals surface area contributed by atoms with Crippen LogP contribution in [0.15, 0.2) is 0 Å². The number of hydrogen-bond acceptors (Lipinski definition) is 1. The minimum atomic E-state index is 0. The molecule has 3 fully saturated rings. The Morgan fingerprint density at radius 2 is 1.23 bits per heavy atom. The maximum absolute atomic E-state index is 2.57. The molecular formula is C18H41NO3. The quantitative estimate of drug-likeness (QED) is 0.782. The fourth-order valence-electron chi connectivity index (χ4n) is 6.19. The molecule has 136 valence electrons. The fourth-order valence-corrected chi connectivity index (χ4v) is 6.19. The van der Waals surface area contributed by atoms with Crippen molar-refractivity contribution in [3.8, 4) is 0 Å². The summed E-state index contributed by atoms with van der Waals surface area (Å²) in [5, 5.41) is 0. The van der Waals surface area contributed by atoms with Crippen molar-refractivity contribution in [3.05, 3.63) is 0 Å². The second-order valence-corrected chi connectivity index (χ2v) is 7.95. The molecule has 3 aliphatic rings. The van der Waals surface area contributed by atoms with E-state index >= 15 is 0 Å². The Kier molecular flexibility index (Phi) is 10.1. The average molecular weight is 320 g/mol. The zero-order valence-electron chi connectivity index (χ0n) is 15.1. The predicted molar refractivity (Wildman–Crippen MR) is 94.2 cm³/mol. The number of hydrogen-bond donors (Lipinski definition) is 1. The molecule has 0 saturated heterocycles. The topological polar surface area (TPSA) is 130 Å². The van der Waals surface area contributed by atoms with Gasteiger partial charge in [0.05, 0.1) is 0 Å². The van der Waals surface area contributed by atoms with Crippen LogP contribution in [0.4, 0.5) is 0 Å². The first kappa shape index (κ1) is 24.1. The van der Waals surface area contributed by atoms with Crippen LogP contribution in [0.5, 0.6) is 0 Å². The average Bonchev–Trinajstić information content (AvgIpc) is 2.51. The lowest BCUT2D eigenvalue weighted by Gasteiger charge is -2.43. The third-order valence-corrected chi connectivity index (χ3v) is 7.33. The van der Waals surface area contributed by atoms with E-state index in [0.29, 0.717) is 0 Å². The lowest BCUT2D eigenvalue weighted by Crippen LogP contribution is -2.35. The summed E-state index contributed by atoms with van der Waals surface area (Å²) < 4.78 is 0. The van der Waals surface area contributed by atoms with Gasteiger partial charge in [-0.05, 0) is 73.0 Å². The monoisotopic (exact) mass is 319 g/mol. The van der Waals surface area contributed by atoms with Crippen LogP contribution in [0.3, 0.4) is 0 Å². The second kappa shape index (κ2) is 9.21. The summed E-state index contributed by atoms with van der Waals surface area (Å²) in [4.78, 5) is 0. The Morgan fingerprint density at radius 3 is 1.73 bits per heavy atom. The molecule has 0 aliphatic heterocycles. The molecule has 4 nitrogen and oxygen atoms in total. The van der Waals surface area contributed by atoms with Crippen molar-refractivity contribution in [3.63, 3.8) is 0 Å². The smallest absolute Gasteiger partial charge is 0.0321 e. The van der Waals surface area contributed by atoms with Crippen LogP contribution in [0.2, 0.25) is 0 Å². The molecule has 3 saturated carbocycles. The molecule has 9 N–H and O–H groups in total. The van der Waals surface area contributed by atoms with Gasteiger partial charge in [0.15, 0.2) is 0 Å². The van der Waals surface area contributed by atoms with Crippen molar-refractivity contribution in [1.82, 2.24) is 6.15 Å². The maximum Gasteiger partial charge on any atom is -0.0321 e. The SMILES string of the molecule is CCC1CCC2C(C)C(C)C3CCC(C)CC1C32.N.O.O.O. The highest BCUT2D eigenvalue weighted by atomic mass is 16.0. The van der Waals surface area contributed by atoms with Crippen LogP contribution in [0, 0.1) is 47.3 Å². The van der Waals surface area contributed by atoms with Gasteiger partial charge in [0.1, 0.15) is 0 Å². The lowest BCUT2D eigenvalue weighted by atomic mass is 9.63. The highest BCUT2D eigenvalue weighted by Gasteiger charge is 2.53.